The highest BCUT2D eigenvalue weighted by Gasteiger charge is 2.19. The molecule has 0 aromatic heterocycles. The number of hydrogen-bond acceptors (Lipinski definition) is 4. The summed E-state index contributed by atoms with van der Waals surface area (Å²) in [6, 6.07) is 7.51. The van der Waals surface area contributed by atoms with Crippen LogP contribution in [0.25, 0.3) is 0 Å². The summed E-state index contributed by atoms with van der Waals surface area (Å²) in [6.07, 6.45) is -0.594. The van der Waals surface area contributed by atoms with Crippen LogP contribution >= 0.6 is 0 Å². The zero-order chi connectivity index (χ0) is 13.4. The lowest BCUT2D eigenvalue weighted by Crippen LogP contribution is -2.16. The fourth-order valence-electron chi connectivity index (χ4n) is 1.75. The van der Waals surface area contributed by atoms with Gasteiger partial charge < -0.3 is 19.3 Å². The molecule has 1 aromatic carbocycles. The summed E-state index contributed by atoms with van der Waals surface area (Å²) in [7, 11) is 3.26. The van der Waals surface area contributed by atoms with Crippen molar-refractivity contribution in [2.24, 2.45) is 5.92 Å². The summed E-state index contributed by atoms with van der Waals surface area (Å²) >= 11 is 0. The summed E-state index contributed by atoms with van der Waals surface area (Å²) in [4.78, 5) is 0. The number of aliphatic hydroxyl groups is 1. The van der Waals surface area contributed by atoms with Crippen molar-refractivity contribution >= 4 is 0 Å². The molecule has 0 heterocycles. The molecule has 1 rings (SSSR count). The minimum absolute atomic E-state index is 0.0159. The molecule has 102 valence electrons. The molecule has 0 aliphatic carbocycles. The smallest absolute Gasteiger partial charge is 0.125 e. The second kappa shape index (κ2) is 8.08. The van der Waals surface area contributed by atoms with E-state index in [4.69, 9.17) is 14.2 Å². The van der Waals surface area contributed by atoms with Crippen LogP contribution in [-0.2, 0) is 9.47 Å². The molecular weight excluding hydrogens is 232 g/mol. The average Bonchev–Trinajstić information content (AvgIpc) is 2.39. The van der Waals surface area contributed by atoms with Gasteiger partial charge in [-0.1, -0.05) is 25.1 Å². The molecule has 4 heteroatoms. The maximum atomic E-state index is 10.3. The fourth-order valence-corrected chi connectivity index (χ4v) is 1.75. The maximum absolute atomic E-state index is 10.3. The zero-order valence-electron chi connectivity index (χ0n) is 11.3. The number of ether oxygens (including phenoxy) is 3. The predicted molar refractivity (Wildman–Crippen MR) is 69.8 cm³/mol. The lowest BCUT2D eigenvalue weighted by atomic mass is 9.97. The molecule has 0 aliphatic rings. The molecule has 2 unspecified atom stereocenters. The van der Waals surface area contributed by atoms with E-state index in [0.29, 0.717) is 25.6 Å². The Balaban J connectivity index is 2.73. The van der Waals surface area contributed by atoms with E-state index >= 15 is 0 Å². The summed E-state index contributed by atoms with van der Waals surface area (Å²) in [5.41, 5.74) is 0.790. The summed E-state index contributed by atoms with van der Waals surface area (Å²) in [5.74, 6) is 0.715. The Morgan fingerprint density at radius 2 is 1.83 bits per heavy atom. The van der Waals surface area contributed by atoms with E-state index in [1.807, 2.05) is 31.2 Å². The van der Waals surface area contributed by atoms with Crippen molar-refractivity contribution in [3.05, 3.63) is 29.8 Å². The van der Waals surface area contributed by atoms with E-state index < -0.39 is 6.10 Å². The molecule has 1 N–H and O–H groups in total. The lowest BCUT2D eigenvalue weighted by Gasteiger charge is -2.21. The molecule has 2 atom stereocenters. The van der Waals surface area contributed by atoms with Crippen molar-refractivity contribution < 1.29 is 19.3 Å². The predicted octanol–water partition coefficient (Wildman–Crippen LogP) is 2.03. The van der Waals surface area contributed by atoms with E-state index in [-0.39, 0.29) is 5.92 Å². The summed E-state index contributed by atoms with van der Waals surface area (Å²) in [5, 5.41) is 10.3. The molecule has 0 saturated carbocycles. The molecule has 0 amide bonds. The van der Waals surface area contributed by atoms with Crippen LogP contribution in [-0.4, -0.2) is 39.1 Å². The first kappa shape index (κ1) is 15.0. The van der Waals surface area contributed by atoms with E-state index in [9.17, 15) is 5.11 Å². The Kier molecular flexibility index (Phi) is 6.72. The first-order valence-electron chi connectivity index (χ1n) is 6.08. The molecule has 1 aromatic rings. The van der Waals surface area contributed by atoms with Gasteiger partial charge in [0, 0.05) is 25.7 Å². The van der Waals surface area contributed by atoms with Gasteiger partial charge in [-0.25, -0.2) is 0 Å². The van der Waals surface area contributed by atoms with Crippen LogP contribution in [0.2, 0.25) is 0 Å². The molecule has 0 spiro atoms. The van der Waals surface area contributed by atoms with Gasteiger partial charge in [0.1, 0.15) is 12.4 Å². The van der Waals surface area contributed by atoms with Crippen LogP contribution in [0.5, 0.6) is 5.75 Å². The van der Waals surface area contributed by atoms with Gasteiger partial charge in [-0.15, -0.1) is 0 Å². The minimum Gasteiger partial charge on any atom is -0.491 e. The largest absolute Gasteiger partial charge is 0.491 e. The SMILES string of the molecule is COCCOc1ccccc1C(O)C(C)COC. The Labute approximate surface area is 108 Å². The fraction of sp³-hybridized carbons (Fsp3) is 0.571. The summed E-state index contributed by atoms with van der Waals surface area (Å²) in [6.45, 7) is 3.45. The topological polar surface area (TPSA) is 47.9 Å². The quantitative estimate of drug-likeness (QED) is 0.721. The Bertz CT molecular complexity index is 340. The van der Waals surface area contributed by atoms with Crippen molar-refractivity contribution in [2.45, 2.75) is 13.0 Å². The van der Waals surface area contributed by atoms with Gasteiger partial charge in [0.25, 0.3) is 0 Å². The van der Waals surface area contributed by atoms with Gasteiger partial charge in [0.05, 0.1) is 19.3 Å². The molecule has 0 bridgehead atoms. The molecular formula is C14H22O4. The molecule has 4 nitrogen and oxygen atoms in total. The third-order valence-electron chi connectivity index (χ3n) is 2.75. The van der Waals surface area contributed by atoms with Crippen molar-refractivity contribution in [3.8, 4) is 5.75 Å². The first-order valence-corrected chi connectivity index (χ1v) is 6.08. The van der Waals surface area contributed by atoms with Crippen molar-refractivity contribution in [1.82, 2.24) is 0 Å². The van der Waals surface area contributed by atoms with E-state index in [0.717, 1.165) is 5.56 Å². The van der Waals surface area contributed by atoms with E-state index in [1.54, 1.807) is 14.2 Å². The monoisotopic (exact) mass is 254 g/mol. The zero-order valence-corrected chi connectivity index (χ0v) is 11.3. The molecule has 0 aliphatic heterocycles. The second-order valence-electron chi connectivity index (χ2n) is 4.26. The van der Waals surface area contributed by atoms with Gasteiger partial charge in [-0.05, 0) is 6.07 Å². The molecule has 0 radical (unpaired) electrons. The van der Waals surface area contributed by atoms with Crippen LogP contribution in [0.15, 0.2) is 24.3 Å². The van der Waals surface area contributed by atoms with Crippen LogP contribution in [0.3, 0.4) is 0 Å². The summed E-state index contributed by atoms with van der Waals surface area (Å²) < 4.78 is 15.6. The number of hydrogen-bond donors (Lipinski definition) is 1. The lowest BCUT2D eigenvalue weighted by molar-refractivity contribution is 0.0540. The number of aliphatic hydroxyl groups excluding tert-OH is 1. The number of para-hydroxylation sites is 1. The Morgan fingerprint density at radius 3 is 2.50 bits per heavy atom. The van der Waals surface area contributed by atoms with Gasteiger partial charge in [0.15, 0.2) is 0 Å². The number of rotatable bonds is 8. The van der Waals surface area contributed by atoms with Crippen LogP contribution in [0, 0.1) is 5.92 Å². The highest BCUT2D eigenvalue weighted by atomic mass is 16.5. The standard InChI is InChI=1S/C14H22O4/c1-11(10-17-3)14(15)12-6-4-5-7-13(12)18-9-8-16-2/h4-7,11,14-15H,8-10H2,1-3H3. The maximum Gasteiger partial charge on any atom is 0.125 e. The van der Waals surface area contributed by atoms with Crippen molar-refractivity contribution in [3.63, 3.8) is 0 Å². The highest BCUT2D eigenvalue weighted by Crippen LogP contribution is 2.30. The minimum atomic E-state index is -0.594. The second-order valence-corrected chi connectivity index (χ2v) is 4.26. The third-order valence-corrected chi connectivity index (χ3v) is 2.75. The normalized spacial score (nSPS) is 14.2. The Hall–Kier alpha value is -1.10. The van der Waals surface area contributed by atoms with E-state index in [2.05, 4.69) is 0 Å². The van der Waals surface area contributed by atoms with Crippen molar-refractivity contribution in [1.29, 1.82) is 0 Å². The highest BCUT2D eigenvalue weighted by molar-refractivity contribution is 5.35. The van der Waals surface area contributed by atoms with Gasteiger partial charge in [-0.3, -0.25) is 0 Å². The van der Waals surface area contributed by atoms with Crippen LogP contribution in [0.1, 0.15) is 18.6 Å². The number of methoxy groups -OCH3 is 2. The van der Waals surface area contributed by atoms with Gasteiger partial charge >= 0.3 is 0 Å². The Morgan fingerprint density at radius 1 is 1.11 bits per heavy atom. The molecule has 18 heavy (non-hydrogen) atoms. The van der Waals surface area contributed by atoms with E-state index in [1.165, 1.54) is 0 Å². The van der Waals surface area contributed by atoms with Crippen LogP contribution < -0.4 is 4.74 Å². The first-order chi connectivity index (χ1) is 8.70. The average molecular weight is 254 g/mol. The van der Waals surface area contributed by atoms with Gasteiger partial charge in [-0.2, -0.15) is 0 Å². The van der Waals surface area contributed by atoms with Gasteiger partial charge in [0.2, 0.25) is 0 Å². The van der Waals surface area contributed by atoms with Crippen LogP contribution in [0.4, 0.5) is 0 Å². The molecule has 0 saturated heterocycles. The van der Waals surface area contributed by atoms with Crippen molar-refractivity contribution in [2.75, 3.05) is 34.0 Å². The molecule has 0 fully saturated rings. The third kappa shape index (κ3) is 4.29. The number of benzene rings is 1.